The Hall–Kier alpha value is -1.89. The molecule has 0 bridgehead atoms. The third-order valence-electron chi connectivity index (χ3n) is 4.40. The van der Waals surface area contributed by atoms with Crippen molar-refractivity contribution in [3.05, 3.63) is 50.9 Å². The lowest BCUT2D eigenvalue weighted by atomic mass is 9.81. The number of primary amides is 1. The maximum Gasteiger partial charge on any atom is 0.256 e. The number of rotatable bonds is 3. The number of fused-ring (bicyclic) bond motifs is 1. The molecular weight excluding hydrogens is 370 g/mol. The molecule has 1 aromatic heterocycles. The molecule has 1 aliphatic heterocycles. The smallest absolute Gasteiger partial charge is 0.256 e. The molecule has 0 unspecified atom stereocenters. The van der Waals surface area contributed by atoms with Crippen LogP contribution in [0.5, 0.6) is 0 Å². The summed E-state index contributed by atoms with van der Waals surface area (Å²) >= 11 is 7.36. The van der Waals surface area contributed by atoms with Gasteiger partial charge in [-0.25, -0.2) is 0 Å². The quantitative estimate of drug-likeness (QED) is 0.741. The molecule has 2 aromatic rings. The molecule has 7 heteroatoms. The van der Waals surface area contributed by atoms with E-state index in [0.29, 0.717) is 27.6 Å². The minimum absolute atomic E-state index is 0.185. The molecule has 0 aliphatic carbocycles. The SMILES string of the molecule is CC1(C)Cc2c(sc(NC(=O)c3cccc(Cl)c3)c2C(N)=O)C(C)(C)N1. The summed E-state index contributed by atoms with van der Waals surface area (Å²) in [5.74, 6) is -0.851. The number of amides is 2. The number of hydrogen-bond acceptors (Lipinski definition) is 4. The minimum atomic E-state index is -0.530. The van der Waals surface area contributed by atoms with Crippen LogP contribution in [0.2, 0.25) is 5.02 Å². The van der Waals surface area contributed by atoms with E-state index in [1.54, 1.807) is 24.3 Å². The Bertz CT molecular complexity index is 902. The van der Waals surface area contributed by atoms with Gasteiger partial charge in [-0.1, -0.05) is 17.7 Å². The zero-order valence-electron chi connectivity index (χ0n) is 15.2. The molecule has 2 heterocycles. The van der Waals surface area contributed by atoms with Gasteiger partial charge in [0.15, 0.2) is 0 Å². The number of carbonyl (C=O) groups excluding carboxylic acids is 2. The van der Waals surface area contributed by atoms with Crippen LogP contribution in [0.15, 0.2) is 24.3 Å². The van der Waals surface area contributed by atoms with E-state index >= 15 is 0 Å². The zero-order chi connectivity index (χ0) is 19.3. The van der Waals surface area contributed by atoms with Gasteiger partial charge in [0.25, 0.3) is 11.8 Å². The van der Waals surface area contributed by atoms with Crippen molar-refractivity contribution in [1.29, 1.82) is 0 Å². The van der Waals surface area contributed by atoms with Gasteiger partial charge in [0, 0.05) is 26.5 Å². The highest BCUT2D eigenvalue weighted by atomic mass is 35.5. The van der Waals surface area contributed by atoms with Crippen LogP contribution in [0.3, 0.4) is 0 Å². The number of carbonyl (C=O) groups is 2. The van der Waals surface area contributed by atoms with Crippen LogP contribution in [0.4, 0.5) is 5.00 Å². The topological polar surface area (TPSA) is 84.2 Å². The summed E-state index contributed by atoms with van der Waals surface area (Å²) in [5, 5.41) is 7.40. The Morgan fingerprint density at radius 2 is 1.96 bits per heavy atom. The van der Waals surface area contributed by atoms with Crippen molar-refractivity contribution in [3.63, 3.8) is 0 Å². The number of anilines is 1. The fourth-order valence-corrected chi connectivity index (χ4v) is 5.15. The van der Waals surface area contributed by atoms with Gasteiger partial charge in [0.1, 0.15) is 5.00 Å². The third kappa shape index (κ3) is 3.49. The maximum atomic E-state index is 12.6. The molecule has 1 aromatic carbocycles. The van der Waals surface area contributed by atoms with Crippen molar-refractivity contribution in [3.8, 4) is 0 Å². The summed E-state index contributed by atoms with van der Waals surface area (Å²) in [5.41, 5.74) is 6.91. The van der Waals surface area contributed by atoms with Crippen molar-refractivity contribution in [2.45, 2.75) is 45.2 Å². The first kappa shape index (κ1) is 18.9. The van der Waals surface area contributed by atoms with E-state index in [1.807, 2.05) is 0 Å². The van der Waals surface area contributed by atoms with Gasteiger partial charge in [0.05, 0.1) is 5.56 Å². The van der Waals surface area contributed by atoms with Crippen LogP contribution in [0, 0.1) is 0 Å². The van der Waals surface area contributed by atoms with Crippen molar-refractivity contribution in [1.82, 2.24) is 5.32 Å². The lowest BCUT2D eigenvalue weighted by molar-refractivity contribution is 0.0999. The number of nitrogens with one attached hydrogen (secondary N) is 2. The largest absolute Gasteiger partial charge is 0.365 e. The molecule has 0 fully saturated rings. The number of benzene rings is 1. The molecule has 138 valence electrons. The van der Waals surface area contributed by atoms with Crippen LogP contribution < -0.4 is 16.4 Å². The van der Waals surface area contributed by atoms with Gasteiger partial charge >= 0.3 is 0 Å². The Kier molecular flexibility index (Phi) is 4.63. The minimum Gasteiger partial charge on any atom is -0.365 e. The Morgan fingerprint density at radius 3 is 2.58 bits per heavy atom. The maximum absolute atomic E-state index is 12.6. The van der Waals surface area contributed by atoms with Crippen molar-refractivity contribution < 1.29 is 9.59 Å². The highest BCUT2D eigenvalue weighted by Gasteiger charge is 2.41. The van der Waals surface area contributed by atoms with Crippen LogP contribution in [-0.2, 0) is 12.0 Å². The van der Waals surface area contributed by atoms with E-state index in [2.05, 4.69) is 38.3 Å². The fraction of sp³-hybridized carbons (Fsp3) is 0.368. The van der Waals surface area contributed by atoms with Crippen LogP contribution in [-0.4, -0.2) is 17.4 Å². The first-order valence-electron chi connectivity index (χ1n) is 8.32. The van der Waals surface area contributed by atoms with Gasteiger partial charge < -0.3 is 16.4 Å². The van der Waals surface area contributed by atoms with Gasteiger partial charge in [-0.15, -0.1) is 11.3 Å². The number of hydrogen-bond donors (Lipinski definition) is 3. The Labute approximate surface area is 161 Å². The van der Waals surface area contributed by atoms with E-state index in [-0.39, 0.29) is 17.0 Å². The van der Waals surface area contributed by atoms with E-state index in [4.69, 9.17) is 17.3 Å². The molecular formula is C19H22ClN3O2S. The van der Waals surface area contributed by atoms with Gasteiger partial charge in [-0.2, -0.15) is 0 Å². The van der Waals surface area contributed by atoms with Crippen molar-refractivity contribution >= 4 is 39.8 Å². The van der Waals surface area contributed by atoms with Crippen molar-refractivity contribution in [2.75, 3.05) is 5.32 Å². The zero-order valence-corrected chi connectivity index (χ0v) is 16.8. The summed E-state index contributed by atoms with van der Waals surface area (Å²) in [4.78, 5) is 25.8. The molecule has 1 aliphatic rings. The molecule has 0 atom stereocenters. The number of thiophene rings is 1. The predicted octanol–water partition coefficient (Wildman–Crippen LogP) is 3.91. The Morgan fingerprint density at radius 1 is 1.27 bits per heavy atom. The third-order valence-corrected chi connectivity index (χ3v) is 6.11. The summed E-state index contributed by atoms with van der Waals surface area (Å²) < 4.78 is 0. The van der Waals surface area contributed by atoms with E-state index in [9.17, 15) is 9.59 Å². The first-order valence-corrected chi connectivity index (χ1v) is 9.52. The second-order valence-electron chi connectivity index (χ2n) is 7.75. The highest BCUT2D eigenvalue weighted by Crippen LogP contribution is 2.45. The number of halogens is 1. The second-order valence-corrected chi connectivity index (χ2v) is 9.21. The standard InChI is InChI=1S/C19H22ClN3O2S/c1-18(2)9-12-13(15(21)24)17(26-14(12)19(3,4)23-18)22-16(25)10-6-5-7-11(20)8-10/h5-8,23H,9H2,1-4H3,(H2,21,24)(H,22,25). The highest BCUT2D eigenvalue weighted by molar-refractivity contribution is 7.17. The lowest BCUT2D eigenvalue weighted by Gasteiger charge is -2.42. The van der Waals surface area contributed by atoms with E-state index < -0.39 is 5.91 Å². The summed E-state index contributed by atoms with van der Waals surface area (Å²) in [6.07, 6.45) is 0.660. The first-order chi connectivity index (χ1) is 12.0. The molecule has 0 saturated carbocycles. The fourth-order valence-electron chi connectivity index (χ4n) is 3.68. The summed E-state index contributed by atoms with van der Waals surface area (Å²) in [6.45, 7) is 8.31. The van der Waals surface area contributed by atoms with Gasteiger partial charge in [-0.3, -0.25) is 9.59 Å². The summed E-state index contributed by atoms with van der Waals surface area (Å²) in [7, 11) is 0. The molecule has 5 nitrogen and oxygen atoms in total. The molecule has 0 saturated heterocycles. The number of nitrogens with two attached hydrogens (primary N) is 1. The van der Waals surface area contributed by atoms with Gasteiger partial charge in [0.2, 0.25) is 0 Å². The Balaban J connectivity index is 2.05. The van der Waals surface area contributed by atoms with Crippen LogP contribution >= 0.6 is 22.9 Å². The van der Waals surface area contributed by atoms with Gasteiger partial charge in [-0.05, 0) is 57.9 Å². The van der Waals surface area contributed by atoms with Crippen LogP contribution in [0.1, 0.15) is 58.9 Å². The normalized spacial score (nSPS) is 17.4. The van der Waals surface area contributed by atoms with E-state index in [0.717, 1.165) is 10.4 Å². The average molecular weight is 392 g/mol. The molecule has 3 rings (SSSR count). The molecule has 26 heavy (non-hydrogen) atoms. The van der Waals surface area contributed by atoms with E-state index in [1.165, 1.54) is 11.3 Å². The predicted molar refractivity (Wildman–Crippen MR) is 106 cm³/mol. The monoisotopic (exact) mass is 391 g/mol. The summed E-state index contributed by atoms with van der Waals surface area (Å²) in [6, 6.07) is 6.67. The molecule has 2 amide bonds. The lowest BCUT2D eigenvalue weighted by Crippen LogP contribution is -2.55. The van der Waals surface area contributed by atoms with Crippen molar-refractivity contribution in [2.24, 2.45) is 5.73 Å². The second kappa shape index (κ2) is 6.37. The molecule has 4 N–H and O–H groups in total. The molecule has 0 spiro atoms. The van der Waals surface area contributed by atoms with Crippen LogP contribution in [0.25, 0.3) is 0 Å². The molecule has 0 radical (unpaired) electrons. The average Bonchev–Trinajstić information content (AvgIpc) is 2.84.